The van der Waals surface area contributed by atoms with Crippen molar-refractivity contribution in [3.8, 4) is 6.08 Å². The molecular formula is C16H17FN4O2. The zero-order chi connectivity index (χ0) is 16.1. The summed E-state index contributed by atoms with van der Waals surface area (Å²) in [7, 11) is 1.89. The summed E-state index contributed by atoms with van der Waals surface area (Å²) in [5.41, 5.74) is 2.08. The van der Waals surface area contributed by atoms with Crippen LogP contribution in [0.15, 0.2) is 41.2 Å². The highest BCUT2D eigenvalue weighted by atomic mass is 19.1. The molecular weight excluding hydrogens is 299 g/mol. The molecule has 0 saturated heterocycles. The number of rotatable bonds is 7. The van der Waals surface area contributed by atoms with E-state index in [0.717, 1.165) is 18.4 Å². The topological polar surface area (TPSA) is 66.0 Å². The summed E-state index contributed by atoms with van der Waals surface area (Å²) in [6.07, 6.45) is 6.17. The molecule has 0 fully saturated rings. The fraction of sp³-hybridized carbons (Fsp3) is 0.312. The Bertz CT molecular complexity index is 752. The van der Waals surface area contributed by atoms with Crippen molar-refractivity contribution in [2.24, 2.45) is 7.05 Å². The molecule has 0 atom stereocenters. The van der Waals surface area contributed by atoms with E-state index in [0.29, 0.717) is 18.9 Å². The van der Waals surface area contributed by atoms with E-state index in [1.807, 2.05) is 19.4 Å². The lowest BCUT2D eigenvalue weighted by atomic mass is 10.1. The predicted octanol–water partition coefficient (Wildman–Crippen LogP) is 2.54. The van der Waals surface area contributed by atoms with Crippen molar-refractivity contribution in [2.75, 3.05) is 6.61 Å². The second kappa shape index (κ2) is 7.04. The molecule has 0 saturated carbocycles. The summed E-state index contributed by atoms with van der Waals surface area (Å²) in [6.45, 7) is 0.493. The van der Waals surface area contributed by atoms with Gasteiger partial charge in [-0.3, -0.25) is 9.20 Å². The largest absolute Gasteiger partial charge is 0.449 e. The second-order valence-electron chi connectivity index (χ2n) is 5.25. The SMILES string of the molecule is Cn1cc(CCCOc2nc(Cc3ccc(F)cc3)no2)cn1. The average Bonchev–Trinajstić information content (AvgIpc) is 3.15. The lowest BCUT2D eigenvalue weighted by Gasteiger charge is -1.99. The number of aromatic nitrogens is 4. The van der Waals surface area contributed by atoms with Crippen molar-refractivity contribution < 1.29 is 13.7 Å². The van der Waals surface area contributed by atoms with Gasteiger partial charge in [-0.15, -0.1) is 0 Å². The summed E-state index contributed by atoms with van der Waals surface area (Å²) in [5.74, 6) is 0.248. The van der Waals surface area contributed by atoms with Gasteiger partial charge in [-0.25, -0.2) is 4.39 Å². The van der Waals surface area contributed by atoms with Gasteiger partial charge < -0.3 is 4.74 Å². The minimum absolute atomic E-state index is 0.160. The van der Waals surface area contributed by atoms with E-state index in [1.54, 1.807) is 16.8 Å². The van der Waals surface area contributed by atoms with Crippen LogP contribution in [0.5, 0.6) is 6.08 Å². The van der Waals surface area contributed by atoms with Crippen LogP contribution in [0.4, 0.5) is 4.39 Å². The Kier molecular flexibility index (Phi) is 4.65. The van der Waals surface area contributed by atoms with E-state index in [-0.39, 0.29) is 11.9 Å². The molecule has 2 heterocycles. The summed E-state index contributed by atoms with van der Waals surface area (Å²) in [5, 5.41) is 7.97. The molecule has 120 valence electrons. The number of hydrogen-bond donors (Lipinski definition) is 0. The average molecular weight is 316 g/mol. The maximum absolute atomic E-state index is 12.9. The Balaban J connectivity index is 1.44. The van der Waals surface area contributed by atoms with E-state index in [4.69, 9.17) is 9.26 Å². The second-order valence-corrected chi connectivity index (χ2v) is 5.25. The van der Waals surface area contributed by atoms with Crippen LogP contribution in [-0.4, -0.2) is 26.5 Å². The molecule has 23 heavy (non-hydrogen) atoms. The van der Waals surface area contributed by atoms with Crippen LogP contribution in [-0.2, 0) is 19.9 Å². The molecule has 0 spiro atoms. The minimum atomic E-state index is -0.264. The smallest absolute Gasteiger partial charge is 0.417 e. The van der Waals surface area contributed by atoms with Crippen molar-refractivity contribution >= 4 is 0 Å². The molecule has 0 amide bonds. The maximum Gasteiger partial charge on any atom is 0.417 e. The predicted molar refractivity (Wildman–Crippen MR) is 80.5 cm³/mol. The standard InChI is InChI=1S/C16H17FN4O2/c1-21-11-13(10-18-21)3-2-8-22-16-19-15(20-23-16)9-12-4-6-14(17)7-5-12/h4-7,10-11H,2-3,8-9H2,1H3. The normalized spacial score (nSPS) is 10.9. The number of ether oxygens (including phenoxy) is 1. The molecule has 3 rings (SSSR count). The molecule has 6 nitrogen and oxygen atoms in total. The third kappa shape index (κ3) is 4.38. The molecule has 0 aliphatic heterocycles. The Morgan fingerprint density at radius 1 is 1.22 bits per heavy atom. The van der Waals surface area contributed by atoms with Gasteiger partial charge in [0.1, 0.15) is 5.82 Å². The first-order valence-electron chi connectivity index (χ1n) is 7.36. The molecule has 7 heteroatoms. The van der Waals surface area contributed by atoms with Crippen LogP contribution in [0.3, 0.4) is 0 Å². The Hall–Kier alpha value is -2.70. The zero-order valence-electron chi connectivity index (χ0n) is 12.8. The lowest BCUT2D eigenvalue weighted by Crippen LogP contribution is -1.99. The molecule has 1 aromatic carbocycles. The number of aryl methyl sites for hydroxylation is 2. The Labute approximate surface area is 132 Å². The van der Waals surface area contributed by atoms with Gasteiger partial charge in [-0.2, -0.15) is 10.1 Å². The van der Waals surface area contributed by atoms with Crippen LogP contribution in [0.1, 0.15) is 23.4 Å². The van der Waals surface area contributed by atoms with Crippen LogP contribution in [0.2, 0.25) is 0 Å². The fourth-order valence-electron chi connectivity index (χ4n) is 2.19. The molecule has 0 aliphatic rings. The van der Waals surface area contributed by atoms with Gasteiger partial charge in [0.15, 0.2) is 5.82 Å². The van der Waals surface area contributed by atoms with Crippen molar-refractivity contribution in [1.82, 2.24) is 19.9 Å². The summed E-state index contributed by atoms with van der Waals surface area (Å²) >= 11 is 0. The van der Waals surface area contributed by atoms with E-state index in [1.165, 1.54) is 17.7 Å². The maximum atomic E-state index is 12.9. The van der Waals surface area contributed by atoms with Crippen LogP contribution in [0, 0.1) is 5.82 Å². The number of benzene rings is 1. The van der Waals surface area contributed by atoms with Crippen molar-refractivity contribution in [2.45, 2.75) is 19.3 Å². The molecule has 3 aromatic rings. The van der Waals surface area contributed by atoms with Gasteiger partial charge in [0.05, 0.1) is 12.8 Å². The highest BCUT2D eigenvalue weighted by Gasteiger charge is 2.08. The Morgan fingerprint density at radius 3 is 2.78 bits per heavy atom. The first-order valence-corrected chi connectivity index (χ1v) is 7.36. The van der Waals surface area contributed by atoms with Gasteiger partial charge in [-0.1, -0.05) is 17.3 Å². The van der Waals surface area contributed by atoms with E-state index in [9.17, 15) is 4.39 Å². The molecule has 0 N–H and O–H groups in total. The summed E-state index contributed by atoms with van der Waals surface area (Å²) < 4.78 is 25.1. The van der Waals surface area contributed by atoms with Gasteiger partial charge in [0, 0.05) is 19.7 Å². The summed E-state index contributed by atoms with van der Waals surface area (Å²) in [4.78, 5) is 4.17. The van der Waals surface area contributed by atoms with Gasteiger partial charge in [0.2, 0.25) is 0 Å². The van der Waals surface area contributed by atoms with Crippen molar-refractivity contribution in [3.05, 3.63) is 59.4 Å². The molecule has 0 unspecified atom stereocenters. The van der Waals surface area contributed by atoms with E-state index < -0.39 is 0 Å². The third-order valence-corrected chi connectivity index (χ3v) is 3.32. The minimum Gasteiger partial charge on any atom is -0.449 e. The Morgan fingerprint density at radius 2 is 2.04 bits per heavy atom. The molecule has 0 bridgehead atoms. The number of halogens is 1. The van der Waals surface area contributed by atoms with Gasteiger partial charge in [0.25, 0.3) is 0 Å². The van der Waals surface area contributed by atoms with Crippen LogP contribution in [0.25, 0.3) is 0 Å². The van der Waals surface area contributed by atoms with Crippen LogP contribution >= 0.6 is 0 Å². The zero-order valence-corrected chi connectivity index (χ0v) is 12.8. The fourth-order valence-corrected chi connectivity index (χ4v) is 2.19. The van der Waals surface area contributed by atoms with Gasteiger partial charge >= 0.3 is 6.08 Å². The monoisotopic (exact) mass is 316 g/mol. The molecule has 2 aromatic heterocycles. The van der Waals surface area contributed by atoms with Gasteiger partial charge in [-0.05, 0) is 36.1 Å². The molecule has 0 radical (unpaired) electrons. The highest BCUT2D eigenvalue weighted by Crippen LogP contribution is 2.12. The number of nitrogens with zero attached hydrogens (tertiary/aromatic N) is 4. The lowest BCUT2D eigenvalue weighted by molar-refractivity contribution is 0.201. The van der Waals surface area contributed by atoms with Crippen LogP contribution < -0.4 is 4.74 Å². The first kappa shape index (κ1) is 15.2. The van der Waals surface area contributed by atoms with E-state index >= 15 is 0 Å². The van der Waals surface area contributed by atoms with Crippen molar-refractivity contribution in [3.63, 3.8) is 0 Å². The molecule has 0 aliphatic carbocycles. The summed E-state index contributed by atoms with van der Waals surface area (Å²) in [6, 6.07) is 6.21. The van der Waals surface area contributed by atoms with E-state index in [2.05, 4.69) is 15.2 Å². The third-order valence-electron chi connectivity index (χ3n) is 3.32. The number of hydrogen-bond acceptors (Lipinski definition) is 5. The highest BCUT2D eigenvalue weighted by molar-refractivity contribution is 5.19. The first-order chi connectivity index (χ1) is 11.2. The quantitative estimate of drug-likeness (QED) is 0.627. The van der Waals surface area contributed by atoms with Crippen molar-refractivity contribution in [1.29, 1.82) is 0 Å².